The molecule has 0 saturated carbocycles. The Hall–Kier alpha value is -2.61. The number of para-hydroxylation sites is 1. The van der Waals surface area contributed by atoms with Crippen LogP contribution >= 0.6 is 23.4 Å². The van der Waals surface area contributed by atoms with Crippen LogP contribution in [-0.4, -0.2) is 41.0 Å². The molecule has 32 heavy (non-hydrogen) atoms. The zero-order chi connectivity index (χ0) is 22.9. The predicted octanol–water partition coefficient (Wildman–Crippen LogP) is 4.79. The Morgan fingerprint density at radius 2 is 2.06 bits per heavy atom. The van der Waals surface area contributed by atoms with Gasteiger partial charge in [-0.2, -0.15) is 0 Å². The molecule has 168 valence electrons. The van der Waals surface area contributed by atoms with Crippen LogP contribution in [0.15, 0.2) is 71.1 Å². The van der Waals surface area contributed by atoms with Gasteiger partial charge in [-0.25, -0.2) is 4.98 Å². The second-order valence-electron chi connectivity index (χ2n) is 6.98. The molecule has 0 aliphatic heterocycles. The number of hydrogen-bond acceptors (Lipinski definition) is 5. The highest BCUT2D eigenvalue weighted by atomic mass is 35.5. The summed E-state index contributed by atoms with van der Waals surface area (Å²) in [5, 5.41) is 1.49. The van der Waals surface area contributed by atoms with Crippen molar-refractivity contribution in [2.45, 2.75) is 25.0 Å². The van der Waals surface area contributed by atoms with Crippen molar-refractivity contribution in [2.24, 2.45) is 0 Å². The van der Waals surface area contributed by atoms with Crippen LogP contribution in [0.2, 0.25) is 5.02 Å². The summed E-state index contributed by atoms with van der Waals surface area (Å²) in [5.41, 5.74) is 1.17. The first-order valence-corrected chi connectivity index (χ1v) is 11.8. The number of anilines is 1. The van der Waals surface area contributed by atoms with Crippen LogP contribution in [0, 0.1) is 0 Å². The standard InChI is InChI=1S/C24H26ClN3O3S/c1-3-13-27(19-9-6-5-7-10-19)22(29)17-32-24-26-21-16-18(25)11-12-20(21)23(30)28(24)14-8-15-31-4-2/h3,5-7,9-12,16H,1,4,8,13-15,17H2,2H3. The Kier molecular flexibility index (Phi) is 8.90. The quantitative estimate of drug-likeness (QED) is 0.174. The van der Waals surface area contributed by atoms with Crippen LogP contribution in [0.1, 0.15) is 13.3 Å². The van der Waals surface area contributed by atoms with Crippen molar-refractivity contribution < 1.29 is 9.53 Å². The summed E-state index contributed by atoms with van der Waals surface area (Å²) in [6, 6.07) is 14.5. The fourth-order valence-corrected chi connectivity index (χ4v) is 4.31. The number of hydrogen-bond donors (Lipinski definition) is 0. The molecular formula is C24H26ClN3O3S. The zero-order valence-electron chi connectivity index (χ0n) is 18.0. The number of aromatic nitrogens is 2. The van der Waals surface area contributed by atoms with Gasteiger partial charge in [-0.1, -0.05) is 47.6 Å². The zero-order valence-corrected chi connectivity index (χ0v) is 19.6. The lowest BCUT2D eigenvalue weighted by Crippen LogP contribution is -2.33. The van der Waals surface area contributed by atoms with Crippen molar-refractivity contribution in [3.63, 3.8) is 0 Å². The Balaban J connectivity index is 1.87. The van der Waals surface area contributed by atoms with Gasteiger partial charge in [0.1, 0.15) is 0 Å². The van der Waals surface area contributed by atoms with Gasteiger partial charge in [-0.3, -0.25) is 14.2 Å². The fourth-order valence-electron chi connectivity index (χ4n) is 3.24. The van der Waals surface area contributed by atoms with Crippen molar-refractivity contribution in [1.82, 2.24) is 9.55 Å². The summed E-state index contributed by atoms with van der Waals surface area (Å²) < 4.78 is 7.03. The molecule has 0 N–H and O–H groups in total. The molecule has 1 amide bonds. The Labute approximate surface area is 196 Å². The van der Waals surface area contributed by atoms with E-state index >= 15 is 0 Å². The van der Waals surface area contributed by atoms with E-state index in [4.69, 9.17) is 16.3 Å². The smallest absolute Gasteiger partial charge is 0.262 e. The maximum absolute atomic E-state index is 13.1. The van der Waals surface area contributed by atoms with Crippen LogP contribution in [0.25, 0.3) is 10.9 Å². The van der Waals surface area contributed by atoms with E-state index in [0.29, 0.717) is 53.8 Å². The molecule has 1 heterocycles. The summed E-state index contributed by atoms with van der Waals surface area (Å²) in [6.07, 6.45) is 2.36. The van der Waals surface area contributed by atoms with E-state index in [2.05, 4.69) is 11.6 Å². The second-order valence-corrected chi connectivity index (χ2v) is 8.36. The van der Waals surface area contributed by atoms with Gasteiger partial charge in [0.2, 0.25) is 5.91 Å². The van der Waals surface area contributed by atoms with Gasteiger partial charge in [-0.15, -0.1) is 6.58 Å². The van der Waals surface area contributed by atoms with Gasteiger partial charge >= 0.3 is 0 Å². The number of carbonyl (C=O) groups is 1. The highest BCUT2D eigenvalue weighted by Crippen LogP contribution is 2.22. The topological polar surface area (TPSA) is 64.4 Å². The van der Waals surface area contributed by atoms with E-state index in [-0.39, 0.29) is 17.2 Å². The highest BCUT2D eigenvalue weighted by Gasteiger charge is 2.18. The second kappa shape index (κ2) is 11.9. The van der Waals surface area contributed by atoms with Crippen LogP contribution in [0.3, 0.4) is 0 Å². The maximum Gasteiger partial charge on any atom is 0.262 e. The van der Waals surface area contributed by atoms with Gasteiger partial charge in [0.05, 0.1) is 16.7 Å². The van der Waals surface area contributed by atoms with Gasteiger partial charge in [0.25, 0.3) is 5.56 Å². The SMILES string of the molecule is C=CCN(C(=O)CSc1nc2cc(Cl)ccc2c(=O)n1CCCOCC)c1ccccc1. The summed E-state index contributed by atoms with van der Waals surface area (Å²) in [5.74, 6) is 0.0367. The maximum atomic E-state index is 13.1. The van der Waals surface area contributed by atoms with Gasteiger partial charge in [0, 0.05) is 37.0 Å². The fraction of sp³-hybridized carbons (Fsp3) is 0.292. The average molecular weight is 472 g/mol. The molecule has 0 bridgehead atoms. The van der Waals surface area contributed by atoms with E-state index < -0.39 is 0 Å². The number of ether oxygens (including phenoxy) is 1. The van der Waals surface area contributed by atoms with Crippen molar-refractivity contribution in [3.05, 3.63) is 76.6 Å². The van der Waals surface area contributed by atoms with E-state index in [0.717, 1.165) is 5.69 Å². The average Bonchev–Trinajstić information content (AvgIpc) is 2.80. The minimum atomic E-state index is -0.149. The summed E-state index contributed by atoms with van der Waals surface area (Å²) in [4.78, 5) is 32.5. The van der Waals surface area contributed by atoms with E-state index in [1.165, 1.54) is 11.8 Å². The summed E-state index contributed by atoms with van der Waals surface area (Å²) in [7, 11) is 0. The molecular weight excluding hydrogens is 446 g/mol. The van der Waals surface area contributed by atoms with E-state index in [1.807, 2.05) is 37.3 Å². The van der Waals surface area contributed by atoms with Gasteiger partial charge in [0.15, 0.2) is 5.16 Å². The third kappa shape index (κ3) is 6.00. The minimum Gasteiger partial charge on any atom is -0.382 e. The summed E-state index contributed by atoms with van der Waals surface area (Å²) in [6.45, 7) is 7.71. The number of nitrogens with zero attached hydrogens (tertiary/aromatic N) is 3. The molecule has 0 atom stereocenters. The lowest BCUT2D eigenvalue weighted by molar-refractivity contribution is -0.116. The number of fused-ring (bicyclic) bond motifs is 1. The van der Waals surface area contributed by atoms with Gasteiger partial charge in [-0.05, 0) is 43.7 Å². The molecule has 3 aromatic rings. The van der Waals surface area contributed by atoms with Crippen LogP contribution in [0.5, 0.6) is 0 Å². The van der Waals surface area contributed by atoms with Crippen molar-refractivity contribution >= 4 is 45.9 Å². The number of halogens is 1. The van der Waals surface area contributed by atoms with Crippen LogP contribution in [-0.2, 0) is 16.1 Å². The molecule has 0 aliphatic rings. The molecule has 0 spiro atoms. The van der Waals surface area contributed by atoms with E-state index in [9.17, 15) is 9.59 Å². The van der Waals surface area contributed by atoms with Gasteiger partial charge < -0.3 is 9.64 Å². The van der Waals surface area contributed by atoms with Crippen LogP contribution in [0.4, 0.5) is 5.69 Å². The lowest BCUT2D eigenvalue weighted by atomic mass is 10.2. The lowest BCUT2D eigenvalue weighted by Gasteiger charge is -2.21. The molecule has 3 rings (SSSR count). The molecule has 8 heteroatoms. The molecule has 0 fully saturated rings. The molecule has 1 aromatic heterocycles. The predicted molar refractivity (Wildman–Crippen MR) is 132 cm³/mol. The number of thioether (sulfide) groups is 1. The minimum absolute atomic E-state index is 0.0950. The van der Waals surface area contributed by atoms with E-state index in [1.54, 1.807) is 33.7 Å². The largest absolute Gasteiger partial charge is 0.382 e. The monoisotopic (exact) mass is 471 g/mol. The molecule has 0 saturated heterocycles. The number of benzene rings is 2. The first-order valence-electron chi connectivity index (χ1n) is 10.4. The third-order valence-electron chi connectivity index (χ3n) is 4.76. The van der Waals surface area contributed by atoms with Crippen molar-refractivity contribution in [3.8, 4) is 0 Å². The first kappa shape index (κ1) is 24.0. The molecule has 6 nitrogen and oxygen atoms in total. The number of amides is 1. The molecule has 0 radical (unpaired) electrons. The van der Waals surface area contributed by atoms with Crippen molar-refractivity contribution in [2.75, 3.05) is 30.4 Å². The Morgan fingerprint density at radius 3 is 2.78 bits per heavy atom. The number of carbonyl (C=O) groups excluding carboxylic acids is 1. The first-order chi connectivity index (χ1) is 15.5. The molecule has 0 aliphatic carbocycles. The van der Waals surface area contributed by atoms with Crippen LogP contribution < -0.4 is 10.5 Å². The third-order valence-corrected chi connectivity index (χ3v) is 5.96. The van der Waals surface area contributed by atoms with Crippen molar-refractivity contribution in [1.29, 1.82) is 0 Å². The summed E-state index contributed by atoms with van der Waals surface area (Å²) >= 11 is 7.36. The Bertz CT molecular complexity index is 1130. The molecule has 2 aromatic carbocycles. The number of rotatable bonds is 11. The Morgan fingerprint density at radius 1 is 1.28 bits per heavy atom. The normalized spacial score (nSPS) is 10.9. The molecule has 0 unspecified atom stereocenters. The highest BCUT2D eigenvalue weighted by molar-refractivity contribution is 7.99.